The van der Waals surface area contributed by atoms with E-state index in [0.717, 1.165) is 30.5 Å². The Morgan fingerprint density at radius 1 is 0.794 bits per heavy atom. The largest absolute Gasteiger partial charge is 0.457 e. The number of esters is 2. The number of nitrogens with one attached hydrogen (secondary N) is 2. The van der Waals surface area contributed by atoms with Crippen LogP contribution in [0.4, 0.5) is 5.69 Å². The molecular formula is C27H26N2O5. The van der Waals surface area contributed by atoms with Gasteiger partial charge in [0, 0.05) is 5.69 Å². The van der Waals surface area contributed by atoms with Gasteiger partial charge in [0.05, 0.1) is 17.2 Å². The molecular weight excluding hydrogens is 432 g/mol. The van der Waals surface area contributed by atoms with Gasteiger partial charge in [-0.05, 0) is 48.7 Å². The lowest BCUT2D eigenvalue weighted by Crippen LogP contribution is -2.35. The Hall–Kier alpha value is -3.97. The van der Waals surface area contributed by atoms with Gasteiger partial charge in [0.2, 0.25) is 5.91 Å². The summed E-state index contributed by atoms with van der Waals surface area (Å²) in [5.41, 5.74) is 2.32. The Kier molecular flexibility index (Phi) is 7.67. The molecule has 1 atom stereocenters. The van der Waals surface area contributed by atoms with Crippen molar-refractivity contribution >= 4 is 23.5 Å². The van der Waals surface area contributed by atoms with Crippen molar-refractivity contribution in [2.45, 2.75) is 32.1 Å². The van der Waals surface area contributed by atoms with Gasteiger partial charge in [0.1, 0.15) is 13.2 Å². The number of carbonyl (C=O) groups is 3. The third-order valence-electron chi connectivity index (χ3n) is 5.47. The molecule has 0 bridgehead atoms. The van der Waals surface area contributed by atoms with Crippen LogP contribution in [0.5, 0.6) is 0 Å². The summed E-state index contributed by atoms with van der Waals surface area (Å²) >= 11 is 0. The van der Waals surface area contributed by atoms with E-state index in [1.807, 2.05) is 60.7 Å². The fourth-order valence-corrected chi connectivity index (χ4v) is 3.69. The highest BCUT2D eigenvalue weighted by Gasteiger charge is 2.23. The molecule has 1 heterocycles. The summed E-state index contributed by atoms with van der Waals surface area (Å²) in [6.45, 7) is 0.965. The molecule has 4 rings (SSSR count). The van der Waals surface area contributed by atoms with Crippen molar-refractivity contribution in [2.24, 2.45) is 0 Å². The highest BCUT2D eigenvalue weighted by atomic mass is 16.5. The Morgan fingerprint density at radius 3 is 1.79 bits per heavy atom. The molecule has 1 aliphatic heterocycles. The summed E-state index contributed by atoms with van der Waals surface area (Å²) in [4.78, 5) is 38.1. The number of benzene rings is 3. The van der Waals surface area contributed by atoms with Crippen LogP contribution in [0, 0.1) is 0 Å². The molecule has 174 valence electrons. The zero-order valence-electron chi connectivity index (χ0n) is 18.7. The number of ether oxygens (including phenoxy) is 2. The molecule has 0 unspecified atom stereocenters. The molecule has 1 fully saturated rings. The number of hydrogen-bond donors (Lipinski definition) is 2. The number of rotatable bonds is 8. The minimum absolute atomic E-state index is 0.0933. The van der Waals surface area contributed by atoms with Crippen molar-refractivity contribution in [2.75, 3.05) is 11.9 Å². The van der Waals surface area contributed by atoms with Gasteiger partial charge in [-0.25, -0.2) is 9.59 Å². The molecule has 7 heteroatoms. The lowest BCUT2D eigenvalue weighted by atomic mass is 10.1. The van der Waals surface area contributed by atoms with Crippen molar-refractivity contribution in [1.82, 2.24) is 5.32 Å². The third kappa shape index (κ3) is 6.30. The van der Waals surface area contributed by atoms with E-state index in [1.54, 1.807) is 0 Å². The first-order chi connectivity index (χ1) is 16.6. The van der Waals surface area contributed by atoms with E-state index < -0.39 is 11.9 Å². The van der Waals surface area contributed by atoms with Gasteiger partial charge in [-0.1, -0.05) is 60.7 Å². The second-order valence-electron chi connectivity index (χ2n) is 8.06. The molecule has 0 radical (unpaired) electrons. The maximum atomic E-state index is 12.8. The highest BCUT2D eigenvalue weighted by Crippen LogP contribution is 2.20. The van der Waals surface area contributed by atoms with Crippen molar-refractivity contribution in [3.8, 4) is 0 Å². The Labute approximate surface area is 198 Å². The van der Waals surface area contributed by atoms with Crippen molar-refractivity contribution < 1.29 is 23.9 Å². The average molecular weight is 459 g/mol. The van der Waals surface area contributed by atoms with E-state index in [0.29, 0.717) is 5.69 Å². The summed E-state index contributed by atoms with van der Waals surface area (Å²) in [5, 5.41) is 5.94. The first-order valence-corrected chi connectivity index (χ1v) is 11.2. The second kappa shape index (κ2) is 11.2. The summed E-state index contributed by atoms with van der Waals surface area (Å²) in [6.07, 6.45) is 1.65. The van der Waals surface area contributed by atoms with Crippen LogP contribution in [0.1, 0.15) is 44.7 Å². The molecule has 0 spiro atoms. The summed E-state index contributed by atoms with van der Waals surface area (Å²) < 4.78 is 10.8. The molecule has 1 aliphatic rings. The summed E-state index contributed by atoms with van der Waals surface area (Å²) in [6, 6.07) is 22.7. The standard InChI is InChI=1S/C27H26N2O5/c30-25(24-12-7-13-28-24)29-23-15-21(26(31)33-17-19-8-3-1-4-9-19)14-22(16-23)27(32)34-18-20-10-5-2-6-11-20/h1-6,8-11,14-16,24,28H,7,12-13,17-18H2,(H,29,30)/t24-/m0/s1. The van der Waals surface area contributed by atoms with Crippen molar-refractivity contribution in [3.05, 3.63) is 101 Å². The molecule has 34 heavy (non-hydrogen) atoms. The minimum Gasteiger partial charge on any atom is -0.457 e. The number of hydrogen-bond acceptors (Lipinski definition) is 6. The van der Waals surface area contributed by atoms with Gasteiger partial charge in [-0.3, -0.25) is 4.79 Å². The highest BCUT2D eigenvalue weighted by molar-refractivity contribution is 6.00. The number of anilines is 1. The molecule has 1 saturated heterocycles. The predicted octanol–water partition coefficient (Wildman–Crippen LogP) is 4.09. The van der Waals surface area contributed by atoms with Crippen LogP contribution in [0.2, 0.25) is 0 Å². The molecule has 3 aromatic rings. The van der Waals surface area contributed by atoms with E-state index >= 15 is 0 Å². The average Bonchev–Trinajstić information content (AvgIpc) is 3.42. The van der Waals surface area contributed by atoms with E-state index in [2.05, 4.69) is 10.6 Å². The van der Waals surface area contributed by atoms with Crippen LogP contribution in [-0.4, -0.2) is 30.4 Å². The molecule has 2 N–H and O–H groups in total. The first-order valence-electron chi connectivity index (χ1n) is 11.2. The van der Waals surface area contributed by atoms with E-state index in [9.17, 15) is 14.4 Å². The molecule has 7 nitrogen and oxygen atoms in total. The van der Waals surface area contributed by atoms with Gasteiger partial charge < -0.3 is 20.1 Å². The normalized spacial score (nSPS) is 14.9. The lowest BCUT2D eigenvalue weighted by molar-refractivity contribution is -0.117. The zero-order chi connectivity index (χ0) is 23.8. The topological polar surface area (TPSA) is 93.7 Å². The van der Waals surface area contributed by atoms with Gasteiger partial charge in [-0.2, -0.15) is 0 Å². The SMILES string of the molecule is O=C(OCc1ccccc1)c1cc(NC(=O)[C@@H]2CCCN2)cc(C(=O)OCc2ccccc2)c1. The van der Waals surface area contributed by atoms with Gasteiger partial charge >= 0.3 is 11.9 Å². The van der Waals surface area contributed by atoms with Crippen molar-refractivity contribution in [3.63, 3.8) is 0 Å². The molecule has 0 aromatic heterocycles. The maximum absolute atomic E-state index is 12.8. The fraction of sp³-hybridized carbons (Fsp3) is 0.222. The van der Waals surface area contributed by atoms with E-state index in [4.69, 9.17) is 9.47 Å². The second-order valence-corrected chi connectivity index (χ2v) is 8.06. The Morgan fingerprint density at radius 2 is 1.32 bits per heavy atom. The third-order valence-corrected chi connectivity index (χ3v) is 5.47. The van der Waals surface area contributed by atoms with Crippen LogP contribution in [0.15, 0.2) is 78.9 Å². The molecule has 0 aliphatic carbocycles. The van der Waals surface area contributed by atoms with Crippen LogP contribution in [0.25, 0.3) is 0 Å². The van der Waals surface area contributed by atoms with Crippen LogP contribution < -0.4 is 10.6 Å². The van der Waals surface area contributed by atoms with Crippen LogP contribution in [-0.2, 0) is 27.5 Å². The van der Waals surface area contributed by atoms with Crippen LogP contribution >= 0.6 is 0 Å². The summed E-state index contributed by atoms with van der Waals surface area (Å²) in [7, 11) is 0. The fourth-order valence-electron chi connectivity index (χ4n) is 3.69. The lowest BCUT2D eigenvalue weighted by Gasteiger charge is -2.14. The zero-order valence-corrected chi connectivity index (χ0v) is 18.7. The predicted molar refractivity (Wildman–Crippen MR) is 127 cm³/mol. The maximum Gasteiger partial charge on any atom is 0.338 e. The van der Waals surface area contributed by atoms with Crippen molar-refractivity contribution in [1.29, 1.82) is 0 Å². The summed E-state index contributed by atoms with van der Waals surface area (Å²) in [5.74, 6) is -1.41. The monoisotopic (exact) mass is 458 g/mol. The van der Waals surface area contributed by atoms with Gasteiger partial charge in [-0.15, -0.1) is 0 Å². The minimum atomic E-state index is -0.601. The smallest absolute Gasteiger partial charge is 0.338 e. The Balaban J connectivity index is 1.51. The van der Waals surface area contributed by atoms with Gasteiger partial charge in [0.15, 0.2) is 0 Å². The molecule has 1 amide bonds. The van der Waals surface area contributed by atoms with Crippen LogP contribution in [0.3, 0.4) is 0 Å². The van der Waals surface area contributed by atoms with E-state index in [-0.39, 0.29) is 36.3 Å². The molecule has 3 aromatic carbocycles. The quantitative estimate of drug-likeness (QED) is 0.494. The first kappa shape index (κ1) is 23.2. The number of carbonyl (C=O) groups excluding carboxylic acids is 3. The molecule has 0 saturated carbocycles. The number of amides is 1. The van der Waals surface area contributed by atoms with Gasteiger partial charge in [0.25, 0.3) is 0 Å². The van der Waals surface area contributed by atoms with E-state index in [1.165, 1.54) is 18.2 Å². The Bertz CT molecular complexity index is 1070.